The maximum Gasteiger partial charge on any atom is 0.231 e. The standard InChI is InChI=1S/C13H17FN2O2/c14-11-1-2-12-13(18-9-17-12)10(11)3-6-16-7-4-15-5-8-16/h1-2,15H,3-9H2. The molecule has 0 aliphatic carbocycles. The van der Waals surface area contributed by atoms with Crippen LogP contribution in [0.1, 0.15) is 5.56 Å². The number of halogens is 1. The molecule has 0 bridgehead atoms. The number of rotatable bonds is 3. The molecule has 98 valence electrons. The molecule has 2 aliphatic rings. The number of nitrogens with one attached hydrogen (secondary N) is 1. The van der Waals surface area contributed by atoms with Gasteiger partial charge in [0.1, 0.15) is 5.82 Å². The fourth-order valence-corrected chi connectivity index (χ4v) is 2.44. The predicted octanol–water partition coefficient (Wildman–Crippen LogP) is 1.00. The van der Waals surface area contributed by atoms with Crippen molar-refractivity contribution in [2.75, 3.05) is 39.5 Å². The lowest BCUT2D eigenvalue weighted by atomic mass is 10.1. The van der Waals surface area contributed by atoms with E-state index in [0.717, 1.165) is 32.7 Å². The molecule has 3 rings (SSSR count). The molecule has 0 spiro atoms. The van der Waals surface area contributed by atoms with Crippen LogP contribution in [0.25, 0.3) is 0 Å². The number of nitrogens with zero attached hydrogens (tertiary/aromatic N) is 1. The Hall–Kier alpha value is -1.33. The largest absolute Gasteiger partial charge is 0.454 e. The van der Waals surface area contributed by atoms with Crippen molar-refractivity contribution < 1.29 is 13.9 Å². The maximum absolute atomic E-state index is 13.8. The minimum absolute atomic E-state index is 0.194. The third-order valence-electron chi connectivity index (χ3n) is 3.47. The highest BCUT2D eigenvalue weighted by atomic mass is 19.1. The molecule has 2 heterocycles. The number of ether oxygens (including phenoxy) is 2. The molecule has 0 radical (unpaired) electrons. The van der Waals surface area contributed by atoms with Gasteiger partial charge < -0.3 is 19.7 Å². The highest BCUT2D eigenvalue weighted by Crippen LogP contribution is 2.37. The van der Waals surface area contributed by atoms with E-state index in [4.69, 9.17) is 9.47 Å². The van der Waals surface area contributed by atoms with Crippen molar-refractivity contribution in [3.05, 3.63) is 23.5 Å². The van der Waals surface area contributed by atoms with Gasteiger partial charge in [0.05, 0.1) is 0 Å². The van der Waals surface area contributed by atoms with Gasteiger partial charge in [0, 0.05) is 38.3 Å². The highest BCUT2D eigenvalue weighted by Gasteiger charge is 2.21. The second kappa shape index (κ2) is 5.12. The monoisotopic (exact) mass is 252 g/mol. The van der Waals surface area contributed by atoms with Crippen molar-refractivity contribution in [3.8, 4) is 11.5 Å². The average Bonchev–Trinajstić information content (AvgIpc) is 2.87. The summed E-state index contributed by atoms with van der Waals surface area (Å²) in [6, 6.07) is 3.09. The zero-order valence-electron chi connectivity index (χ0n) is 10.2. The van der Waals surface area contributed by atoms with Crippen molar-refractivity contribution in [2.24, 2.45) is 0 Å². The molecule has 1 saturated heterocycles. The Balaban J connectivity index is 1.70. The van der Waals surface area contributed by atoms with E-state index in [1.807, 2.05) is 0 Å². The van der Waals surface area contributed by atoms with Gasteiger partial charge in [-0.3, -0.25) is 0 Å². The summed E-state index contributed by atoms with van der Waals surface area (Å²) < 4.78 is 24.5. The molecule has 0 atom stereocenters. The highest BCUT2D eigenvalue weighted by molar-refractivity contribution is 5.49. The van der Waals surface area contributed by atoms with E-state index in [2.05, 4.69) is 10.2 Å². The zero-order valence-corrected chi connectivity index (χ0v) is 10.2. The minimum Gasteiger partial charge on any atom is -0.454 e. The van der Waals surface area contributed by atoms with Crippen LogP contribution in [0.15, 0.2) is 12.1 Å². The summed E-state index contributed by atoms with van der Waals surface area (Å²) in [6.45, 7) is 5.11. The van der Waals surface area contributed by atoms with Crippen molar-refractivity contribution in [1.29, 1.82) is 0 Å². The Bertz CT molecular complexity index is 433. The molecular weight excluding hydrogens is 235 g/mol. The fraction of sp³-hybridized carbons (Fsp3) is 0.538. The van der Waals surface area contributed by atoms with Gasteiger partial charge >= 0.3 is 0 Å². The van der Waals surface area contributed by atoms with Gasteiger partial charge in [0.15, 0.2) is 11.5 Å². The molecule has 1 aromatic carbocycles. The van der Waals surface area contributed by atoms with Crippen molar-refractivity contribution >= 4 is 0 Å². The molecule has 1 N–H and O–H groups in total. The summed E-state index contributed by atoms with van der Waals surface area (Å²) in [5.74, 6) is 1.05. The van der Waals surface area contributed by atoms with Gasteiger partial charge in [-0.2, -0.15) is 0 Å². The zero-order chi connectivity index (χ0) is 12.4. The van der Waals surface area contributed by atoms with Crippen molar-refractivity contribution in [3.63, 3.8) is 0 Å². The quantitative estimate of drug-likeness (QED) is 0.870. The van der Waals surface area contributed by atoms with Crippen LogP contribution in [0.3, 0.4) is 0 Å². The van der Waals surface area contributed by atoms with Crippen molar-refractivity contribution in [1.82, 2.24) is 10.2 Å². The first-order valence-electron chi connectivity index (χ1n) is 6.34. The molecule has 0 amide bonds. The van der Waals surface area contributed by atoms with Gasteiger partial charge in [-0.05, 0) is 18.6 Å². The van der Waals surface area contributed by atoms with Crippen LogP contribution >= 0.6 is 0 Å². The van der Waals surface area contributed by atoms with Gasteiger partial charge in [-0.1, -0.05) is 0 Å². The van der Waals surface area contributed by atoms with Crippen LogP contribution < -0.4 is 14.8 Å². The lowest BCUT2D eigenvalue weighted by Gasteiger charge is -2.27. The van der Waals surface area contributed by atoms with Crippen LogP contribution in [0, 0.1) is 5.82 Å². The predicted molar refractivity (Wildman–Crippen MR) is 65.5 cm³/mol. The summed E-state index contributed by atoms with van der Waals surface area (Å²) in [4.78, 5) is 2.34. The molecule has 5 heteroatoms. The molecule has 1 aromatic rings. The minimum atomic E-state index is -0.200. The summed E-state index contributed by atoms with van der Waals surface area (Å²) in [6.07, 6.45) is 0.665. The molecule has 0 unspecified atom stereocenters. The van der Waals surface area contributed by atoms with E-state index >= 15 is 0 Å². The number of piperazine rings is 1. The second-order valence-corrected chi connectivity index (χ2v) is 4.60. The smallest absolute Gasteiger partial charge is 0.231 e. The molecule has 1 fully saturated rings. The van der Waals surface area contributed by atoms with Crippen molar-refractivity contribution in [2.45, 2.75) is 6.42 Å². The summed E-state index contributed by atoms with van der Waals surface area (Å²) in [7, 11) is 0. The molecule has 2 aliphatic heterocycles. The van der Waals surface area contributed by atoms with Gasteiger partial charge in [-0.15, -0.1) is 0 Å². The Kier molecular flexibility index (Phi) is 3.34. The third kappa shape index (κ3) is 2.28. The molecule has 18 heavy (non-hydrogen) atoms. The Morgan fingerprint density at radius 2 is 2.06 bits per heavy atom. The fourth-order valence-electron chi connectivity index (χ4n) is 2.44. The molecular formula is C13H17FN2O2. The number of fused-ring (bicyclic) bond motifs is 1. The van der Waals surface area contributed by atoms with Crippen LogP contribution in [-0.2, 0) is 6.42 Å². The van der Waals surface area contributed by atoms with E-state index in [9.17, 15) is 4.39 Å². The van der Waals surface area contributed by atoms with Crippen LogP contribution in [0.4, 0.5) is 4.39 Å². The first kappa shape index (κ1) is 11.7. The first-order valence-corrected chi connectivity index (χ1v) is 6.34. The molecule has 0 aromatic heterocycles. The lowest BCUT2D eigenvalue weighted by molar-refractivity contribution is 0.172. The molecule has 0 saturated carbocycles. The summed E-state index contributed by atoms with van der Waals surface area (Å²) in [5, 5.41) is 3.31. The number of hydrogen-bond acceptors (Lipinski definition) is 4. The summed E-state index contributed by atoms with van der Waals surface area (Å²) >= 11 is 0. The third-order valence-corrected chi connectivity index (χ3v) is 3.47. The van der Waals surface area contributed by atoms with E-state index in [1.165, 1.54) is 6.07 Å². The summed E-state index contributed by atoms with van der Waals surface area (Å²) in [5.41, 5.74) is 0.642. The van der Waals surface area contributed by atoms with Gasteiger partial charge in [0.25, 0.3) is 0 Å². The van der Waals surface area contributed by atoms with Crippen LogP contribution in [-0.4, -0.2) is 44.4 Å². The average molecular weight is 252 g/mol. The SMILES string of the molecule is Fc1ccc2c(c1CCN1CCNCC1)OCO2. The maximum atomic E-state index is 13.8. The van der Waals surface area contributed by atoms with Gasteiger partial charge in [0.2, 0.25) is 6.79 Å². The lowest BCUT2D eigenvalue weighted by Crippen LogP contribution is -2.44. The van der Waals surface area contributed by atoms with E-state index in [-0.39, 0.29) is 12.6 Å². The number of hydrogen-bond donors (Lipinski definition) is 1. The normalized spacial score (nSPS) is 19.2. The number of benzene rings is 1. The molecule has 4 nitrogen and oxygen atoms in total. The van der Waals surface area contributed by atoms with E-state index in [0.29, 0.717) is 23.5 Å². The second-order valence-electron chi connectivity index (χ2n) is 4.60. The van der Waals surface area contributed by atoms with Crippen LogP contribution in [0.5, 0.6) is 11.5 Å². The van der Waals surface area contributed by atoms with E-state index < -0.39 is 0 Å². The Morgan fingerprint density at radius 1 is 1.22 bits per heavy atom. The van der Waals surface area contributed by atoms with Gasteiger partial charge in [-0.25, -0.2) is 4.39 Å². The Morgan fingerprint density at radius 3 is 2.89 bits per heavy atom. The first-order chi connectivity index (χ1) is 8.84. The van der Waals surface area contributed by atoms with E-state index in [1.54, 1.807) is 6.07 Å². The topological polar surface area (TPSA) is 33.7 Å². The Labute approximate surface area is 106 Å². The van der Waals surface area contributed by atoms with Crippen LogP contribution in [0.2, 0.25) is 0 Å².